The molecule has 174 valence electrons. The number of fused-ring (bicyclic) bond motifs is 1. The van der Waals surface area contributed by atoms with E-state index in [4.69, 9.17) is 16.3 Å². The van der Waals surface area contributed by atoms with E-state index in [1.807, 2.05) is 13.0 Å². The number of allylic oxidation sites excluding steroid dienone is 2. The van der Waals surface area contributed by atoms with Gasteiger partial charge in [-0.2, -0.15) is 0 Å². The van der Waals surface area contributed by atoms with Gasteiger partial charge in [0.1, 0.15) is 5.75 Å². The fraction of sp³-hybridized carbons (Fsp3) is 0.308. The second-order valence-electron chi connectivity index (χ2n) is 9.02. The average Bonchev–Trinajstić information content (AvgIpc) is 3.32. The Labute approximate surface area is 201 Å². The Morgan fingerprint density at radius 3 is 2.47 bits per heavy atom. The first kappa shape index (κ1) is 22.3. The summed E-state index contributed by atoms with van der Waals surface area (Å²) in [5.41, 5.74) is 2.17. The van der Waals surface area contributed by atoms with E-state index in [-0.39, 0.29) is 48.3 Å². The number of anilines is 2. The summed E-state index contributed by atoms with van der Waals surface area (Å²) in [5.74, 6) is -2.22. The number of ether oxygens (including phenoxy) is 1. The second kappa shape index (κ2) is 8.72. The molecule has 34 heavy (non-hydrogen) atoms. The smallest absolute Gasteiger partial charge is 0.316 e. The normalized spacial score (nSPS) is 24.4. The highest BCUT2D eigenvalue weighted by atomic mass is 35.5. The zero-order valence-corrected chi connectivity index (χ0v) is 19.3. The van der Waals surface area contributed by atoms with Crippen LogP contribution >= 0.6 is 11.6 Å². The Balaban J connectivity index is 1.29. The monoisotopic (exact) mass is 478 g/mol. The minimum absolute atomic E-state index is 0.0416. The number of benzene rings is 2. The summed E-state index contributed by atoms with van der Waals surface area (Å²) in [5, 5.41) is 0.562. The van der Waals surface area contributed by atoms with Crippen molar-refractivity contribution >= 4 is 46.7 Å². The molecule has 0 spiro atoms. The van der Waals surface area contributed by atoms with Gasteiger partial charge >= 0.3 is 5.97 Å². The largest absolute Gasteiger partial charge is 0.426 e. The molecular weight excluding hydrogens is 456 g/mol. The fourth-order valence-corrected chi connectivity index (χ4v) is 5.04. The number of carbonyl (C=O) groups is 4. The molecular formula is C26H23ClN2O5. The van der Waals surface area contributed by atoms with Crippen molar-refractivity contribution in [3.05, 3.63) is 65.2 Å². The zero-order valence-electron chi connectivity index (χ0n) is 18.6. The third kappa shape index (κ3) is 4.01. The molecule has 2 aliphatic heterocycles. The molecule has 0 radical (unpaired) electrons. The van der Waals surface area contributed by atoms with Crippen LogP contribution in [0.15, 0.2) is 60.2 Å². The van der Waals surface area contributed by atoms with Crippen molar-refractivity contribution < 1.29 is 23.9 Å². The minimum Gasteiger partial charge on any atom is -0.426 e. The molecule has 3 aliphatic rings. The van der Waals surface area contributed by atoms with E-state index in [1.165, 1.54) is 15.9 Å². The molecule has 7 nitrogen and oxygen atoms in total. The predicted octanol–water partition coefficient (Wildman–Crippen LogP) is 4.14. The highest BCUT2D eigenvalue weighted by molar-refractivity contribution is 6.30. The molecule has 0 saturated carbocycles. The fourth-order valence-electron chi connectivity index (χ4n) is 4.91. The summed E-state index contributed by atoms with van der Waals surface area (Å²) in [4.78, 5) is 54.0. The Kier molecular flexibility index (Phi) is 5.73. The van der Waals surface area contributed by atoms with Crippen LogP contribution in [0.25, 0.3) is 0 Å². The topological polar surface area (TPSA) is 84.0 Å². The lowest BCUT2D eigenvalue weighted by molar-refractivity contribution is -0.139. The lowest BCUT2D eigenvalue weighted by atomic mass is 9.82. The van der Waals surface area contributed by atoms with E-state index < -0.39 is 11.9 Å². The molecule has 3 atom stereocenters. The SMILES string of the molecule is CC1=CC[C@H]2C(=O)N(c3cccc(OC(=O)[C@@H]4CC(=O)N(c5ccc(Cl)cc5)C4)c3)C(=O)[C@H]2C1. The molecule has 2 heterocycles. The van der Waals surface area contributed by atoms with Crippen LogP contribution in [-0.4, -0.2) is 30.2 Å². The molecule has 2 saturated heterocycles. The van der Waals surface area contributed by atoms with Gasteiger partial charge in [0.05, 0.1) is 23.4 Å². The number of nitrogens with zero attached hydrogens (tertiary/aromatic N) is 2. The molecule has 2 aromatic rings. The summed E-state index contributed by atoms with van der Waals surface area (Å²) in [6, 6.07) is 13.3. The first-order chi connectivity index (χ1) is 16.3. The molecule has 5 rings (SSSR count). The third-order valence-electron chi connectivity index (χ3n) is 6.71. The Bertz CT molecular complexity index is 1220. The van der Waals surface area contributed by atoms with Gasteiger partial charge in [-0.05, 0) is 56.2 Å². The van der Waals surface area contributed by atoms with Crippen LogP contribution in [0.4, 0.5) is 11.4 Å². The maximum atomic E-state index is 13.0. The van der Waals surface area contributed by atoms with E-state index >= 15 is 0 Å². The van der Waals surface area contributed by atoms with Crippen molar-refractivity contribution in [1.82, 2.24) is 0 Å². The maximum absolute atomic E-state index is 13.0. The van der Waals surface area contributed by atoms with Crippen LogP contribution in [-0.2, 0) is 19.2 Å². The van der Waals surface area contributed by atoms with Crippen LogP contribution in [0.1, 0.15) is 26.2 Å². The van der Waals surface area contributed by atoms with Crippen molar-refractivity contribution in [3.63, 3.8) is 0 Å². The van der Waals surface area contributed by atoms with Crippen molar-refractivity contribution in [1.29, 1.82) is 0 Å². The average molecular weight is 479 g/mol. The zero-order chi connectivity index (χ0) is 24.0. The molecule has 8 heteroatoms. The van der Waals surface area contributed by atoms with Gasteiger partial charge in [0.25, 0.3) is 0 Å². The minimum atomic E-state index is -0.626. The summed E-state index contributed by atoms with van der Waals surface area (Å²) in [6.07, 6.45) is 3.20. The van der Waals surface area contributed by atoms with Crippen molar-refractivity contribution in [3.8, 4) is 5.75 Å². The molecule has 1 aliphatic carbocycles. The number of rotatable bonds is 4. The molecule has 2 aromatic carbocycles. The van der Waals surface area contributed by atoms with Gasteiger partial charge < -0.3 is 9.64 Å². The summed E-state index contributed by atoms with van der Waals surface area (Å²) >= 11 is 5.92. The van der Waals surface area contributed by atoms with Gasteiger partial charge in [-0.1, -0.05) is 29.3 Å². The van der Waals surface area contributed by atoms with Gasteiger partial charge in [-0.3, -0.25) is 19.2 Å². The Morgan fingerprint density at radius 1 is 0.971 bits per heavy atom. The number of hydrogen-bond donors (Lipinski definition) is 0. The van der Waals surface area contributed by atoms with Crippen LogP contribution < -0.4 is 14.5 Å². The van der Waals surface area contributed by atoms with E-state index in [0.29, 0.717) is 29.2 Å². The van der Waals surface area contributed by atoms with Crippen molar-refractivity contribution in [2.75, 3.05) is 16.3 Å². The summed E-state index contributed by atoms with van der Waals surface area (Å²) < 4.78 is 5.56. The van der Waals surface area contributed by atoms with Gasteiger partial charge in [-0.15, -0.1) is 0 Å². The van der Waals surface area contributed by atoms with E-state index in [1.54, 1.807) is 42.5 Å². The number of esters is 1. The first-order valence-corrected chi connectivity index (χ1v) is 11.6. The van der Waals surface area contributed by atoms with Crippen LogP contribution in [0.5, 0.6) is 5.75 Å². The summed E-state index contributed by atoms with van der Waals surface area (Å²) in [7, 11) is 0. The van der Waals surface area contributed by atoms with E-state index in [9.17, 15) is 19.2 Å². The maximum Gasteiger partial charge on any atom is 0.316 e. The summed E-state index contributed by atoms with van der Waals surface area (Å²) in [6.45, 7) is 2.18. The lowest BCUT2D eigenvalue weighted by Gasteiger charge is -2.18. The van der Waals surface area contributed by atoms with E-state index in [2.05, 4.69) is 0 Å². The Morgan fingerprint density at radius 2 is 1.71 bits per heavy atom. The molecule has 2 fully saturated rings. The van der Waals surface area contributed by atoms with Crippen LogP contribution in [0, 0.1) is 17.8 Å². The number of carbonyl (C=O) groups excluding carboxylic acids is 4. The Hall–Kier alpha value is -3.45. The highest BCUT2D eigenvalue weighted by Crippen LogP contribution is 2.40. The lowest BCUT2D eigenvalue weighted by Crippen LogP contribution is -2.31. The number of halogens is 1. The molecule has 0 N–H and O–H groups in total. The first-order valence-electron chi connectivity index (χ1n) is 11.2. The van der Waals surface area contributed by atoms with Gasteiger partial charge in [0.2, 0.25) is 17.7 Å². The number of imide groups is 1. The molecule has 3 amide bonds. The molecule has 0 unspecified atom stereocenters. The quantitative estimate of drug-likeness (QED) is 0.285. The number of hydrogen-bond acceptors (Lipinski definition) is 5. The third-order valence-corrected chi connectivity index (χ3v) is 6.97. The van der Waals surface area contributed by atoms with Gasteiger partial charge in [0, 0.05) is 29.7 Å². The second-order valence-corrected chi connectivity index (χ2v) is 9.45. The predicted molar refractivity (Wildman–Crippen MR) is 126 cm³/mol. The number of amides is 3. The van der Waals surface area contributed by atoms with Crippen LogP contribution in [0.2, 0.25) is 5.02 Å². The molecule has 0 aromatic heterocycles. The van der Waals surface area contributed by atoms with Gasteiger partial charge in [-0.25, -0.2) is 4.90 Å². The standard InChI is InChI=1S/C26H23ClN2O5/c1-15-5-10-21-22(11-15)25(32)29(24(21)31)19-3-2-4-20(13-19)34-26(33)16-12-23(30)28(14-16)18-8-6-17(27)7-9-18/h2-9,13,16,21-22H,10-12,14H2,1H3/t16-,21-,22+/m1/s1. The van der Waals surface area contributed by atoms with Crippen molar-refractivity contribution in [2.45, 2.75) is 26.2 Å². The van der Waals surface area contributed by atoms with Crippen LogP contribution in [0.3, 0.4) is 0 Å². The van der Waals surface area contributed by atoms with Crippen molar-refractivity contribution in [2.24, 2.45) is 17.8 Å². The molecule has 0 bridgehead atoms. The highest BCUT2D eigenvalue weighted by Gasteiger charge is 2.48. The van der Waals surface area contributed by atoms with Gasteiger partial charge in [0.15, 0.2) is 0 Å². The van der Waals surface area contributed by atoms with E-state index in [0.717, 1.165) is 5.57 Å².